The van der Waals surface area contributed by atoms with Crippen molar-refractivity contribution in [3.8, 4) is 0 Å². The predicted molar refractivity (Wildman–Crippen MR) is 199 cm³/mol. The molecule has 1 amide bonds. The smallest absolute Gasteiger partial charge is 0.409 e. The van der Waals surface area contributed by atoms with Crippen LogP contribution in [0.1, 0.15) is 126 Å². The summed E-state index contributed by atoms with van der Waals surface area (Å²) in [6.07, 6.45) is 20.5. The summed E-state index contributed by atoms with van der Waals surface area (Å²) in [6.45, 7) is 3.39. The molecule has 3 rings (SSSR count). The topological polar surface area (TPSA) is 48.0 Å². The van der Waals surface area contributed by atoms with Gasteiger partial charge in [-0.25, -0.2) is 4.79 Å². The summed E-state index contributed by atoms with van der Waals surface area (Å²) >= 11 is 0. The van der Waals surface area contributed by atoms with Crippen molar-refractivity contribution >= 4 is 6.09 Å². The van der Waals surface area contributed by atoms with Gasteiger partial charge in [0.25, 0.3) is 0 Å². The summed E-state index contributed by atoms with van der Waals surface area (Å²) in [5.74, 6) is 0. The van der Waals surface area contributed by atoms with Gasteiger partial charge >= 0.3 is 6.09 Å². The first-order valence-electron chi connectivity index (χ1n) is 18.8. The van der Waals surface area contributed by atoms with Crippen LogP contribution < -0.4 is 0 Å². The molecule has 1 unspecified atom stereocenters. The molecule has 0 fully saturated rings. The second-order valence-corrected chi connectivity index (χ2v) is 13.4. The maximum Gasteiger partial charge on any atom is 0.409 e. The maximum absolute atomic E-state index is 12.7. The van der Waals surface area contributed by atoms with E-state index >= 15 is 0 Å². The number of nitrogens with zero attached hydrogens (tertiary/aromatic N) is 1. The summed E-state index contributed by atoms with van der Waals surface area (Å²) in [6, 6.07) is 30.8. The minimum atomic E-state index is -0.888. The van der Waals surface area contributed by atoms with E-state index in [1.54, 1.807) is 14.1 Å². The van der Waals surface area contributed by atoms with E-state index in [4.69, 9.17) is 14.2 Å². The van der Waals surface area contributed by atoms with Gasteiger partial charge in [0, 0.05) is 20.7 Å². The Morgan fingerprint density at radius 2 is 0.938 bits per heavy atom. The first-order valence-corrected chi connectivity index (χ1v) is 18.8. The van der Waals surface area contributed by atoms with Gasteiger partial charge in [-0.05, 0) is 23.1 Å². The van der Waals surface area contributed by atoms with Gasteiger partial charge in [0.15, 0.2) is 6.10 Å². The number of ether oxygens (including phenoxy) is 3. The molecule has 0 aromatic heterocycles. The molecular formula is C43H63NO4. The molecule has 0 radical (unpaired) electrons. The average molecular weight is 658 g/mol. The highest BCUT2D eigenvalue weighted by Crippen LogP contribution is 2.40. The quantitative estimate of drug-likeness (QED) is 0.0637. The summed E-state index contributed by atoms with van der Waals surface area (Å²) in [7, 11) is 3.39. The van der Waals surface area contributed by atoms with E-state index in [0.717, 1.165) is 29.5 Å². The van der Waals surface area contributed by atoms with Gasteiger partial charge in [-0.3, -0.25) is 0 Å². The second-order valence-electron chi connectivity index (χ2n) is 13.4. The fraction of sp³-hybridized carbons (Fsp3) is 0.558. The van der Waals surface area contributed by atoms with Crippen molar-refractivity contribution in [2.45, 2.75) is 121 Å². The highest BCUT2D eigenvalue weighted by molar-refractivity contribution is 5.67. The molecule has 0 N–H and O–H groups in total. The molecule has 0 spiro atoms. The van der Waals surface area contributed by atoms with Crippen LogP contribution in [0.4, 0.5) is 4.79 Å². The lowest BCUT2D eigenvalue weighted by atomic mass is 9.80. The molecule has 0 aliphatic rings. The van der Waals surface area contributed by atoms with Gasteiger partial charge in [0.05, 0.1) is 13.2 Å². The third kappa shape index (κ3) is 14.1. The Balaban J connectivity index is 1.45. The normalized spacial score (nSPS) is 12.1. The van der Waals surface area contributed by atoms with Crippen LogP contribution in [0.15, 0.2) is 91.0 Å². The van der Waals surface area contributed by atoms with E-state index in [0.29, 0.717) is 6.61 Å². The number of unbranched alkanes of at least 4 members (excludes halogenated alkanes) is 15. The van der Waals surface area contributed by atoms with Gasteiger partial charge in [-0.1, -0.05) is 194 Å². The third-order valence-corrected chi connectivity index (χ3v) is 9.11. The maximum atomic E-state index is 12.7. The summed E-state index contributed by atoms with van der Waals surface area (Å²) in [5, 5.41) is 0. The van der Waals surface area contributed by atoms with Crippen LogP contribution in [0.3, 0.4) is 0 Å². The van der Waals surface area contributed by atoms with Crippen molar-refractivity contribution < 1.29 is 19.0 Å². The molecule has 5 nitrogen and oxygen atoms in total. The number of hydrogen-bond acceptors (Lipinski definition) is 4. The van der Waals surface area contributed by atoms with E-state index in [9.17, 15) is 4.79 Å². The van der Waals surface area contributed by atoms with Crippen LogP contribution >= 0.6 is 0 Å². The first-order chi connectivity index (χ1) is 23.6. The van der Waals surface area contributed by atoms with E-state index in [2.05, 4.69) is 43.3 Å². The van der Waals surface area contributed by atoms with Gasteiger partial charge in [-0.2, -0.15) is 0 Å². The summed E-state index contributed by atoms with van der Waals surface area (Å²) in [5.41, 5.74) is 2.14. The number of hydrogen-bond donors (Lipinski definition) is 0. The predicted octanol–water partition coefficient (Wildman–Crippen LogP) is 11.3. The zero-order valence-electron chi connectivity index (χ0n) is 30.3. The molecule has 3 aromatic carbocycles. The number of carbonyl (C=O) groups is 1. The molecular weight excluding hydrogens is 594 g/mol. The van der Waals surface area contributed by atoms with Crippen molar-refractivity contribution in [2.75, 3.05) is 33.9 Å². The van der Waals surface area contributed by atoms with Crippen molar-refractivity contribution in [2.24, 2.45) is 0 Å². The summed E-state index contributed by atoms with van der Waals surface area (Å²) in [4.78, 5) is 14.1. The lowest BCUT2D eigenvalue weighted by Crippen LogP contribution is -2.39. The first kappa shape index (κ1) is 39.3. The monoisotopic (exact) mass is 657 g/mol. The summed E-state index contributed by atoms with van der Waals surface area (Å²) < 4.78 is 18.9. The molecule has 0 bridgehead atoms. The van der Waals surface area contributed by atoms with Crippen molar-refractivity contribution in [1.29, 1.82) is 0 Å². The molecule has 0 saturated heterocycles. The van der Waals surface area contributed by atoms with Crippen LogP contribution in [0.5, 0.6) is 0 Å². The van der Waals surface area contributed by atoms with E-state index < -0.39 is 17.8 Å². The van der Waals surface area contributed by atoms with Gasteiger partial charge in [0.1, 0.15) is 5.60 Å². The fourth-order valence-electron chi connectivity index (χ4n) is 6.32. The number of amides is 1. The van der Waals surface area contributed by atoms with Crippen LogP contribution in [-0.2, 0) is 19.8 Å². The Bertz CT molecular complexity index is 1100. The number of carbonyl (C=O) groups excluding carboxylic acids is 1. The van der Waals surface area contributed by atoms with Gasteiger partial charge in [-0.15, -0.1) is 0 Å². The molecule has 264 valence electrons. The van der Waals surface area contributed by atoms with Gasteiger partial charge < -0.3 is 19.1 Å². The zero-order chi connectivity index (χ0) is 34.1. The van der Waals surface area contributed by atoms with E-state index in [1.807, 2.05) is 54.6 Å². The Morgan fingerprint density at radius 3 is 1.31 bits per heavy atom. The number of benzene rings is 3. The standard InChI is InChI=1S/C43H63NO4/c1-4-5-6-7-8-9-10-11-12-13-14-15-16-17-18-28-35-46-36-41(48-42(45)44(2)3)37-47-43(38-29-22-19-23-30-38,39-31-24-20-25-32-39)40-33-26-21-27-34-40/h19-27,29-34,41H,4-18,28,35-37H2,1-3H3. The van der Waals surface area contributed by atoms with Gasteiger partial charge in [0.2, 0.25) is 0 Å². The minimum absolute atomic E-state index is 0.178. The highest BCUT2D eigenvalue weighted by atomic mass is 16.6. The van der Waals surface area contributed by atoms with Crippen LogP contribution in [0.25, 0.3) is 0 Å². The highest BCUT2D eigenvalue weighted by Gasteiger charge is 2.38. The molecule has 3 aromatic rings. The van der Waals surface area contributed by atoms with Crippen LogP contribution in [0.2, 0.25) is 0 Å². The minimum Gasteiger partial charge on any atom is -0.441 e. The molecule has 5 heteroatoms. The zero-order valence-corrected chi connectivity index (χ0v) is 30.3. The molecule has 0 aliphatic heterocycles. The van der Waals surface area contributed by atoms with Crippen molar-refractivity contribution in [1.82, 2.24) is 4.90 Å². The van der Waals surface area contributed by atoms with E-state index in [-0.39, 0.29) is 13.2 Å². The SMILES string of the molecule is CCCCCCCCCCCCCCCCCCOCC(COC(c1ccccc1)(c1ccccc1)c1ccccc1)OC(=O)N(C)C. The third-order valence-electron chi connectivity index (χ3n) is 9.11. The fourth-order valence-corrected chi connectivity index (χ4v) is 6.32. The average Bonchev–Trinajstić information content (AvgIpc) is 3.12. The lowest BCUT2D eigenvalue weighted by Gasteiger charge is -2.37. The second kappa shape index (κ2) is 24.1. The Kier molecular flexibility index (Phi) is 19.7. The number of rotatable bonds is 26. The Hall–Kier alpha value is -3.15. The van der Waals surface area contributed by atoms with Crippen molar-refractivity contribution in [3.05, 3.63) is 108 Å². The van der Waals surface area contributed by atoms with Crippen LogP contribution in [-0.4, -0.2) is 51.0 Å². The Labute approximate surface area is 292 Å². The molecule has 0 saturated carbocycles. The van der Waals surface area contributed by atoms with E-state index in [1.165, 1.54) is 94.8 Å². The molecule has 48 heavy (non-hydrogen) atoms. The Morgan fingerprint density at radius 1 is 0.562 bits per heavy atom. The van der Waals surface area contributed by atoms with Crippen LogP contribution in [0, 0.1) is 0 Å². The lowest BCUT2D eigenvalue weighted by molar-refractivity contribution is -0.0721. The molecule has 1 atom stereocenters. The molecule has 0 heterocycles. The van der Waals surface area contributed by atoms with Crippen molar-refractivity contribution in [3.63, 3.8) is 0 Å². The molecule has 0 aliphatic carbocycles. The largest absolute Gasteiger partial charge is 0.441 e.